The van der Waals surface area contributed by atoms with Gasteiger partial charge >= 0.3 is 0 Å². The van der Waals surface area contributed by atoms with Gasteiger partial charge in [-0.1, -0.05) is 50.2 Å². The zero-order chi connectivity index (χ0) is 26.4. The first-order valence-electron chi connectivity index (χ1n) is 13.1. The van der Waals surface area contributed by atoms with Crippen LogP contribution in [-0.4, -0.2) is 44.6 Å². The molecule has 0 spiro atoms. The Bertz CT molecular complexity index is 1040. The molecule has 7 heteroatoms. The van der Waals surface area contributed by atoms with Gasteiger partial charge in [0.1, 0.15) is 11.0 Å². The first-order chi connectivity index (χ1) is 17.1. The third-order valence-corrected chi connectivity index (χ3v) is 9.65. The van der Waals surface area contributed by atoms with Crippen molar-refractivity contribution in [1.29, 1.82) is 0 Å². The molecular formula is C29H41ClN2O3S. The molecule has 0 saturated heterocycles. The van der Waals surface area contributed by atoms with E-state index in [1.54, 1.807) is 13.0 Å². The van der Waals surface area contributed by atoms with E-state index in [0.29, 0.717) is 17.9 Å². The summed E-state index contributed by atoms with van der Waals surface area (Å²) in [5, 5.41) is 11.4. The fraction of sp³-hybridized carbons (Fsp3) is 0.552. The van der Waals surface area contributed by atoms with Crippen LogP contribution in [0.2, 0.25) is 5.02 Å². The number of benzene rings is 1. The molecule has 1 fully saturated rings. The molecule has 198 valence electrons. The number of aliphatic hydroxyl groups excluding tert-OH is 1. The molecule has 6 unspecified atom stereocenters. The maximum atomic E-state index is 12.8. The van der Waals surface area contributed by atoms with Crippen molar-refractivity contribution in [1.82, 2.24) is 9.62 Å². The van der Waals surface area contributed by atoms with Crippen LogP contribution < -0.4 is 4.72 Å². The van der Waals surface area contributed by atoms with Gasteiger partial charge in [0.15, 0.2) is 0 Å². The quantitative estimate of drug-likeness (QED) is 0.512. The van der Waals surface area contributed by atoms with Gasteiger partial charge in [-0.05, 0) is 93.0 Å². The Labute approximate surface area is 224 Å². The molecule has 1 aromatic rings. The second-order valence-corrected chi connectivity index (χ2v) is 12.3. The van der Waals surface area contributed by atoms with E-state index in [-0.39, 0.29) is 23.0 Å². The lowest BCUT2D eigenvalue weighted by atomic mass is 9.70. The van der Waals surface area contributed by atoms with E-state index >= 15 is 0 Å². The van der Waals surface area contributed by atoms with Gasteiger partial charge < -0.3 is 10.0 Å². The van der Waals surface area contributed by atoms with Gasteiger partial charge in [-0.25, -0.2) is 4.21 Å². The molecule has 1 aromatic carbocycles. The van der Waals surface area contributed by atoms with Crippen molar-refractivity contribution in [2.24, 2.45) is 17.8 Å². The number of carbonyl (C=O) groups is 1. The average Bonchev–Trinajstić information content (AvgIpc) is 2.82. The van der Waals surface area contributed by atoms with E-state index in [9.17, 15) is 14.1 Å². The fourth-order valence-corrected chi connectivity index (χ4v) is 6.24. The van der Waals surface area contributed by atoms with Crippen LogP contribution in [0, 0.1) is 17.8 Å². The third-order valence-electron chi connectivity index (χ3n) is 7.89. The van der Waals surface area contributed by atoms with Gasteiger partial charge in [-0.3, -0.25) is 9.52 Å². The summed E-state index contributed by atoms with van der Waals surface area (Å²) in [6.45, 7) is 13.6. The first kappa shape index (κ1) is 28.7. The zero-order valence-corrected chi connectivity index (χ0v) is 23.6. The molecule has 36 heavy (non-hydrogen) atoms. The van der Waals surface area contributed by atoms with Crippen molar-refractivity contribution in [3.63, 3.8) is 0 Å². The number of halogens is 1. The number of nitrogens with one attached hydrogen (secondary N) is 1. The number of carbonyl (C=O) groups excluding carboxylic acids is 1. The highest BCUT2D eigenvalue weighted by molar-refractivity contribution is 7.84. The minimum atomic E-state index is -1.50. The molecule has 1 aliphatic carbocycles. The van der Waals surface area contributed by atoms with Gasteiger partial charge in [0.25, 0.3) is 5.91 Å². The number of rotatable bonds is 4. The van der Waals surface area contributed by atoms with Crippen LogP contribution >= 0.6 is 11.6 Å². The van der Waals surface area contributed by atoms with Crippen molar-refractivity contribution >= 4 is 28.5 Å². The molecule has 2 aliphatic rings. The fourth-order valence-electron chi connectivity index (χ4n) is 4.98. The molecule has 6 atom stereocenters. The van der Waals surface area contributed by atoms with Gasteiger partial charge in [-0.15, -0.1) is 0 Å². The predicted molar refractivity (Wildman–Crippen MR) is 150 cm³/mol. The van der Waals surface area contributed by atoms with E-state index in [1.165, 1.54) is 11.1 Å². The number of allylic oxidation sites excluding steroid dienone is 2. The molecule has 0 radical (unpaired) electrons. The van der Waals surface area contributed by atoms with E-state index < -0.39 is 17.1 Å². The highest BCUT2D eigenvalue weighted by atomic mass is 35.5. The Morgan fingerprint density at radius 2 is 2.00 bits per heavy atom. The third kappa shape index (κ3) is 7.33. The Morgan fingerprint density at radius 3 is 2.67 bits per heavy atom. The van der Waals surface area contributed by atoms with Crippen LogP contribution in [-0.2, 0) is 28.6 Å². The lowest BCUT2D eigenvalue weighted by molar-refractivity contribution is -0.115. The maximum absolute atomic E-state index is 12.8. The minimum Gasteiger partial charge on any atom is -0.389 e. The predicted octanol–water partition coefficient (Wildman–Crippen LogP) is 5.36. The van der Waals surface area contributed by atoms with Gasteiger partial charge in [0, 0.05) is 29.4 Å². The lowest BCUT2D eigenvalue weighted by Gasteiger charge is -2.42. The first-order valence-corrected chi connectivity index (χ1v) is 14.7. The van der Waals surface area contributed by atoms with Crippen LogP contribution in [0.3, 0.4) is 0 Å². The summed E-state index contributed by atoms with van der Waals surface area (Å²) in [5.41, 5.74) is 3.73. The maximum Gasteiger partial charge on any atom is 0.258 e. The van der Waals surface area contributed by atoms with Gasteiger partial charge in [0.2, 0.25) is 0 Å². The molecule has 0 aromatic heterocycles. The lowest BCUT2D eigenvalue weighted by Crippen LogP contribution is -2.43. The number of hydrogen-bond donors (Lipinski definition) is 2. The summed E-state index contributed by atoms with van der Waals surface area (Å²) >= 11 is 6.21. The van der Waals surface area contributed by atoms with Crippen molar-refractivity contribution in [2.75, 3.05) is 13.1 Å². The number of nitrogens with zero attached hydrogens (tertiary/aromatic N) is 1. The Morgan fingerprint density at radius 1 is 1.25 bits per heavy atom. The number of aryl methyl sites for hydroxylation is 1. The summed E-state index contributed by atoms with van der Waals surface area (Å²) in [6, 6.07) is 6.05. The summed E-state index contributed by atoms with van der Waals surface area (Å²) in [5.74, 6) is 0.340. The molecular weight excluding hydrogens is 492 g/mol. The average molecular weight is 533 g/mol. The Kier molecular flexibility index (Phi) is 10.4. The molecule has 1 heterocycles. The second-order valence-electron chi connectivity index (χ2n) is 10.3. The topological polar surface area (TPSA) is 69.6 Å². The van der Waals surface area contributed by atoms with Crippen molar-refractivity contribution in [2.45, 2.75) is 71.2 Å². The summed E-state index contributed by atoms with van der Waals surface area (Å²) in [7, 11) is -1.50. The number of amides is 1. The summed E-state index contributed by atoms with van der Waals surface area (Å²) < 4.78 is 15.4. The van der Waals surface area contributed by atoms with Crippen LogP contribution in [0.5, 0.6) is 0 Å². The molecule has 1 amide bonds. The number of aliphatic hydroxyl groups is 1. The molecule has 3 rings (SSSR count). The molecule has 0 bridgehead atoms. The van der Waals surface area contributed by atoms with E-state index in [2.05, 4.69) is 29.2 Å². The molecule has 1 saturated carbocycles. The Balaban J connectivity index is 1.85. The standard InChI is InChI=1S/C29H41ClN2O3S/c1-6-23-17-26(30)12-10-24(23)14-15-32-18-25-11-13-27(25)28(33)9-7-8-19(2)22(5)36(35)31-29(34)20(3)16-21(32)4/h7,9-10,12,16-17,19,22,25,27-28,33H,4,6,8,11,13-15,18H2,1-3,5H3,(H,31,34)/b9-7+,20-16+. The number of hydrogen-bond acceptors (Lipinski definition) is 4. The summed E-state index contributed by atoms with van der Waals surface area (Å²) in [6.07, 6.45) is 9.72. The zero-order valence-electron chi connectivity index (χ0n) is 22.0. The van der Waals surface area contributed by atoms with Crippen molar-refractivity contribution in [3.8, 4) is 0 Å². The smallest absolute Gasteiger partial charge is 0.258 e. The minimum absolute atomic E-state index is 0.107. The van der Waals surface area contributed by atoms with Crippen LogP contribution in [0.4, 0.5) is 0 Å². The van der Waals surface area contributed by atoms with Gasteiger partial charge in [0.05, 0.1) is 11.4 Å². The monoisotopic (exact) mass is 532 g/mol. The highest BCUT2D eigenvalue weighted by Gasteiger charge is 2.36. The Hall–Kier alpha value is -1.89. The van der Waals surface area contributed by atoms with Crippen LogP contribution in [0.15, 0.2) is 54.3 Å². The van der Waals surface area contributed by atoms with E-state index in [4.69, 9.17) is 11.6 Å². The van der Waals surface area contributed by atoms with Crippen molar-refractivity contribution in [3.05, 3.63) is 70.4 Å². The molecule has 5 nitrogen and oxygen atoms in total. The second kappa shape index (κ2) is 13.1. The van der Waals surface area contributed by atoms with E-state index in [1.807, 2.05) is 38.1 Å². The highest BCUT2D eigenvalue weighted by Crippen LogP contribution is 2.38. The van der Waals surface area contributed by atoms with Gasteiger partial charge in [-0.2, -0.15) is 0 Å². The van der Waals surface area contributed by atoms with Crippen molar-refractivity contribution < 1.29 is 14.1 Å². The summed E-state index contributed by atoms with van der Waals surface area (Å²) in [4.78, 5) is 15.0. The number of fused-ring (bicyclic) bond motifs is 1. The van der Waals surface area contributed by atoms with E-state index in [0.717, 1.165) is 49.5 Å². The molecule has 2 N–H and O–H groups in total. The molecule has 1 aliphatic heterocycles. The van der Waals surface area contributed by atoms with Crippen LogP contribution in [0.1, 0.15) is 58.1 Å². The SMILES string of the molecule is C=C1/C=C(\C)C(=O)NS(=O)C(C)C(C)C/C=C/C(O)C2CCC2CN1CCc1ccc(Cl)cc1CC. The largest absolute Gasteiger partial charge is 0.389 e. The normalized spacial score (nSPS) is 32.6. The van der Waals surface area contributed by atoms with Crippen LogP contribution in [0.25, 0.3) is 0 Å².